The van der Waals surface area contributed by atoms with Gasteiger partial charge in [-0.05, 0) is 56.0 Å². The van der Waals surface area contributed by atoms with Gasteiger partial charge in [0.2, 0.25) is 0 Å². The predicted octanol–water partition coefficient (Wildman–Crippen LogP) is 4.34. The molecule has 6 rings (SSSR count). The van der Waals surface area contributed by atoms with Crippen molar-refractivity contribution in [2.45, 2.75) is 37.8 Å². The van der Waals surface area contributed by atoms with Crippen molar-refractivity contribution < 1.29 is 14.3 Å². The molecule has 2 aliphatic rings. The molecule has 2 aliphatic heterocycles. The highest BCUT2D eigenvalue weighted by Gasteiger charge is 2.43. The summed E-state index contributed by atoms with van der Waals surface area (Å²) in [5.41, 5.74) is 6.43. The molecule has 2 aromatic carbocycles. The van der Waals surface area contributed by atoms with Crippen LogP contribution >= 0.6 is 0 Å². The molecule has 35 heavy (non-hydrogen) atoms. The molecule has 178 valence electrons. The minimum absolute atomic E-state index is 0.0353. The van der Waals surface area contributed by atoms with Crippen LogP contribution in [0.2, 0.25) is 0 Å². The van der Waals surface area contributed by atoms with Gasteiger partial charge in [0.15, 0.2) is 0 Å². The van der Waals surface area contributed by atoms with Crippen LogP contribution in [0, 0.1) is 0 Å². The van der Waals surface area contributed by atoms with Gasteiger partial charge < -0.3 is 14.4 Å². The number of rotatable bonds is 4. The van der Waals surface area contributed by atoms with Gasteiger partial charge in [0.05, 0.1) is 42.7 Å². The standard InChI is InChI=1S/C27H27N5O3/c1-31-26(17-11-19(34-2)15-20(12-17)35-3)21-14-18-5-4-6-24(25(21)30-31)32(18)27(33)16-7-8-22-23(13-16)29-10-9-28-22/h7-13,15,18,24H,4-6,14H2,1-3H3/t18-,24+/m0/s1. The van der Waals surface area contributed by atoms with Crippen LogP contribution < -0.4 is 9.47 Å². The first kappa shape index (κ1) is 21.6. The van der Waals surface area contributed by atoms with Crippen molar-refractivity contribution in [3.05, 3.63) is 65.6 Å². The second-order valence-electron chi connectivity index (χ2n) is 9.21. The lowest BCUT2D eigenvalue weighted by Gasteiger charge is -2.45. The van der Waals surface area contributed by atoms with Crippen molar-refractivity contribution in [1.29, 1.82) is 0 Å². The average molecular weight is 470 g/mol. The van der Waals surface area contributed by atoms with Gasteiger partial charge in [-0.1, -0.05) is 0 Å². The van der Waals surface area contributed by atoms with Crippen LogP contribution in [0.4, 0.5) is 0 Å². The quantitative estimate of drug-likeness (QED) is 0.442. The summed E-state index contributed by atoms with van der Waals surface area (Å²) in [5, 5.41) is 4.95. The largest absolute Gasteiger partial charge is 0.497 e. The maximum absolute atomic E-state index is 13.8. The smallest absolute Gasteiger partial charge is 0.254 e. The second-order valence-corrected chi connectivity index (χ2v) is 9.21. The number of aryl methyl sites for hydroxylation is 1. The molecule has 8 nitrogen and oxygen atoms in total. The first-order chi connectivity index (χ1) is 17.1. The van der Waals surface area contributed by atoms with Crippen LogP contribution in [0.15, 0.2) is 48.8 Å². The van der Waals surface area contributed by atoms with Crippen molar-refractivity contribution in [1.82, 2.24) is 24.6 Å². The van der Waals surface area contributed by atoms with Gasteiger partial charge in [0.25, 0.3) is 5.91 Å². The summed E-state index contributed by atoms with van der Waals surface area (Å²) < 4.78 is 13.0. The second kappa shape index (κ2) is 8.37. The summed E-state index contributed by atoms with van der Waals surface area (Å²) in [6.45, 7) is 0. The van der Waals surface area contributed by atoms with E-state index in [1.54, 1.807) is 26.6 Å². The highest BCUT2D eigenvalue weighted by molar-refractivity contribution is 5.98. The molecule has 1 saturated heterocycles. The van der Waals surface area contributed by atoms with E-state index in [2.05, 4.69) is 14.9 Å². The van der Waals surface area contributed by atoms with Crippen molar-refractivity contribution >= 4 is 16.9 Å². The van der Waals surface area contributed by atoms with E-state index >= 15 is 0 Å². The summed E-state index contributed by atoms with van der Waals surface area (Å²) in [6, 6.07) is 11.6. The van der Waals surface area contributed by atoms with Gasteiger partial charge in [-0.3, -0.25) is 19.4 Å². The maximum atomic E-state index is 13.8. The Kier molecular flexibility index (Phi) is 5.16. The monoisotopic (exact) mass is 469 g/mol. The Morgan fingerprint density at radius 1 is 0.971 bits per heavy atom. The number of benzene rings is 2. The lowest BCUT2D eigenvalue weighted by molar-refractivity contribution is 0.0392. The molecule has 0 aliphatic carbocycles. The minimum atomic E-state index is -0.0463. The number of amides is 1. The first-order valence-corrected chi connectivity index (χ1v) is 11.9. The molecule has 0 N–H and O–H groups in total. The average Bonchev–Trinajstić information content (AvgIpc) is 3.22. The highest BCUT2D eigenvalue weighted by Crippen LogP contribution is 2.45. The summed E-state index contributed by atoms with van der Waals surface area (Å²) in [4.78, 5) is 24.6. The minimum Gasteiger partial charge on any atom is -0.497 e. The zero-order valence-electron chi connectivity index (χ0n) is 20.1. The Morgan fingerprint density at radius 2 is 1.71 bits per heavy atom. The Balaban J connectivity index is 1.42. The number of carbonyl (C=O) groups excluding carboxylic acids is 1. The molecule has 1 amide bonds. The SMILES string of the molecule is COc1cc(OC)cc(-c2c3c(nn2C)[C@H]2CCC[C@@H](C3)N2C(=O)c2ccc3nccnc3c2)c1. The molecule has 0 saturated carbocycles. The van der Waals surface area contributed by atoms with Crippen LogP contribution in [0.3, 0.4) is 0 Å². The third-order valence-electron chi connectivity index (χ3n) is 7.25. The van der Waals surface area contributed by atoms with E-state index in [1.165, 1.54) is 5.56 Å². The Bertz CT molecular complexity index is 1420. The third-order valence-corrected chi connectivity index (χ3v) is 7.25. The summed E-state index contributed by atoms with van der Waals surface area (Å²) in [5.74, 6) is 1.51. The lowest BCUT2D eigenvalue weighted by Crippen LogP contribution is -2.49. The molecule has 4 aromatic rings. The number of fused-ring (bicyclic) bond motifs is 5. The van der Waals surface area contributed by atoms with Crippen LogP contribution in [0.25, 0.3) is 22.3 Å². The van der Waals surface area contributed by atoms with E-state index in [4.69, 9.17) is 14.6 Å². The normalized spacial score (nSPS) is 18.9. The van der Waals surface area contributed by atoms with Gasteiger partial charge in [0, 0.05) is 48.2 Å². The molecular weight excluding hydrogens is 442 g/mol. The zero-order chi connectivity index (χ0) is 24.1. The topological polar surface area (TPSA) is 82.4 Å². The first-order valence-electron chi connectivity index (χ1n) is 11.9. The number of carbonyl (C=O) groups is 1. The molecule has 4 heterocycles. The molecule has 8 heteroatoms. The van der Waals surface area contributed by atoms with Crippen LogP contribution in [-0.2, 0) is 13.5 Å². The van der Waals surface area contributed by atoms with Gasteiger partial charge in [0.1, 0.15) is 11.5 Å². The van der Waals surface area contributed by atoms with Crippen LogP contribution in [0.5, 0.6) is 11.5 Å². The van der Waals surface area contributed by atoms with Crippen molar-refractivity contribution in [3.8, 4) is 22.8 Å². The van der Waals surface area contributed by atoms with Crippen molar-refractivity contribution in [3.63, 3.8) is 0 Å². The fourth-order valence-electron chi connectivity index (χ4n) is 5.70. The maximum Gasteiger partial charge on any atom is 0.254 e. The predicted molar refractivity (Wildman–Crippen MR) is 132 cm³/mol. The molecule has 1 fully saturated rings. The highest BCUT2D eigenvalue weighted by atomic mass is 16.5. The van der Waals surface area contributed by atoms with E-state index < -0.39 is 0 Å². The fourth-order valence-corrected chi connectivity index (χ4v) is 5.70. The Morgan fingerprint density at radius 3 is 2.46 bits per heavy atom. The summed E-state index contributed by atoms with van der Waals surface area (Å²) >= 11 is 0. The van der Waals surface area contributed by atoms with Crippen molar-refractivity contribution in [2.75, 3.05) is 14.2 Å². The Labute approximate surface area is 203 Å². The molecule has 2 bridgehead atoms. The van der Waals surface area contributed by atoms with E-state index in [0.29, 0.717) is 5.56 Å². The van der Waals surface area contributed by atoms with E-state index in [9.17, 15) is 4.79 Å². The molecule has 0 spiro atoms. The molecule has 0 unspecified atom stereocenters. The fraction of sp³-hybridized carbons (Fsp3) is 0.333. The van der Waals surface area contributed by atoms with E-state index in [0.717, 1.165) is 65.2 Å². The summed E-state index contributed by atoms with van der Waals surface area (Å²) in [6.07, 6.45) is 7.05. The van der Waals surface area contributed by atoms with Gasteiger partial charge in [-0.2, -0.15) is 5.10 Å². The van der Waals surface area contributed by atoms with Crippen LogP contribution in [0.1, 0.15) is 46.9 Å². The van der Waals surface area contributed by atoms with Crippen molar-refractivity contribution in [2.24, 2.45) is 7.05 Å². The number of methoxy groups -OCH3 is 2. The number of hydrogen-bond acceptors (Lipinski definition) is 6. The summed E-state index contributed by atoms with van der Waals surface area (Å²) in [7, 11) is 5.28. The zero-order valence-corrected chi connectivity index (χ0v) is 20.1. The number of hydrogen-bond donors (Lipinski definition) is 0. The third kappa shape index (κ3) is 3.51. The molecule has 0 radical (unpaired) electrons. The van der Waals surface area contributed by atoms with E-state index in [-0.39, 0.29) is 18.0 Å². The molecular formula is C27H27N5O3. The van der Waals surface area contributed by atoms with E-state index in [1.807, 2.05) is 48.1 Å². The number of ether oxygens (including phenoxy) is 2. The molecule has 2 aromatic heterocycles. The van der Waals surface area contributed by atoms with Gasteiger partial charge in [-0.15, -0.1) is 0 Å². The number of aromatic nitrogens is 4. The lowest BCUT2D eigenvalue weighted by atomic mass is 9.81. The van der Waals surface area contributed by atoms with Crippen LogP contribution in [-0.4, -0.2) is 50.8 Å². The van der Waals surface area contributed by atoms with Gasteiger partial charge in [-0.25, -0.2) is 0 Å². The Hall–Kier alpha value is -3.94. The number of piperidine rings is 1. The number of nitrogens with zero attached hydrogens (tertiary/aromatic N) is 5. The molecule has 2 atom stereocenters. The van der Waals surface area contributed by atoms with Gasteiger partial charge >= 0.3 is 0 Å².